The number of benzene rings is 2. The number of nitrogens with one attached hydrogen (secondary N) is 1. The van der Waals surface area contributed by atoms with Crippen molar-refractivity contribution in [2.75, 3.05) is 11.9 Å². The van der Waals surface area contributed by atoms with Gasteiger partial charge >= 0.3 is 5.97 Å². The van der Waals surface area contributed by atoms with Crippen LogP contribution in [0.25, 0.3) is 0 Å². The van der Waals surface area contributed by atoms with Gasteiger partial charge in [0, 0.05) is 0 Å². The van der Waals surface area contributed by atoms with Crippen LogP contribution in [0.15, 0.2) is 42.5 Å². The average Bonchev–Trinajstić information content (AvgIpc) is 2.59. The van der Waals surface area contributed by atoms with Crippen LogP contribution >= 0.6 is 0 Å². The maximum atomic E-state index is 12.1. The first-order valence-corrected chi connectivity index (χ1v) is 8.09. The number of nitrogens with zero attached hydrogens (tertiary/aromatic N) is 1. The summed E-state index contributed by atoms with van der Waals surface area (Å²) < 4.78 is 10.5. The van der Waals surface area contributed by atoms with Crippen molar-refractivity contribution in [1.82, 2.24) is 0 Å². The first-order chi connectivity index (χ1) is 12.4. The number of ether oxygens (including phenoxy) is 2. The average molecular weight is 352 g/mol. The van der Waals surface area contributed by atoms with Gasteiger partial charge < -0.3 is 14.8 Å². The highest BCUT2D eigenvalue weighted by Crippen LogP contribution is 2.16. The van der Waals surface area contributed by atoms with Crippen LogP contribution in [0, 0.1) is 25.2 Å². The quantitative estimate of drug-likeness (QED) is 0.807. The predicted octanol–water partition coefficient (Wildman–Crippen LogP) is 3.12. The second-order valence-corrected chi connectivity index (χ2v) is 5.89. The van der Waals surface area contributed by atoms with Gasteiger partial charge in [-0.2, -0.15) is 5.26 Å². The Morgan fingerprint density at radius 3 is 2.46 bits per heavy atom. The number of rotatable bonds is 6. The zero-order chi connectivity index (χ0) is 19.1. The summed E-state index contributed by atoms with van der Waals surface area (Å²) >= 11 is 0. The molecule has 1 amide bonds. The molecule has 0 aromatic heterocycles. The summed E-state index contributed by atoms with van der Waals surface area (Å²) in [6.07, 6.45) is -1.02. The van der Waals surface area contributed by atoms with Crippen molar-refractivity contribution in [3.63, 3.8) is 0 Å². The van der Waals surface area contributed by atoms with Gasteiger partial charge in [0.2, 0.25) is 0 Å². The van der Waals surface area contributed by atoms with E-state index in [-0.39, 0.29) is 6.61 Å². The van der Waals surface area contributed by atoms with E-state index in [1.807, 2.05) is 38.1 Å². The molecule has 0 aliphatic carbocycles. The third kappa shape index (κ3) is 5.35. The molecule has 0 fully saturated rings. The molecule has 2 rings (SSSR count). The molecule has 6 nitrogen and oxygen atoms in total. The zero-order valence-corrected chi connectivity index (χ0v) is 14.9. The summed E-state index contributed by atoms with van der Waals surface area (Å²) in [4.78, 5) is 24.0. The summed E-state index contributed by atoms with van der Waals surface area (Å²) in [5, 5.41) is 11.6. The lowest BCUT2D eigenvalue weighted by molar-refractivity contribution is -0.155. The first-order valence-electron chi connectivity index (χ1n) is 8.09. The van der Waals surface area contributed by atoms with Crippen molar-refractivity contribution in [3.05, 3.63) is 59.2 Å². The number of anilines is 1. The number of hydrogen-bond donors (Lipinski definition) is 1. The number of esters is 1. The maximum absolute atomic E-state index is 12.1. The Kier molecular flexibility index (Phi) is 6.34. The van der Waals surface area contributed by atoms with Crippen LogP contribution in [0.5, 0.6) is 5.75 Å². The van der Waals surface area contributed by atoms with Gasteiger partial charge in [-0.05, 0) is 56.2 Å². The van der Waals surface area contributed by atoms with Gasteiger partial charge in [0.1, 0.15) is 11.8 Å². The van der Waals surface area contributed by atoms with E-state index >= 15 is 0 Å². The Morgan fingerprint density at radius 2 is 1.81 bits per heavy atom. The first kappa shape index (κ1) is 19.0. The molecule has 26 heavy (non-hydrogen) atoms. The summed E-state index contributed by atoms with van der Waals surface area (Å²) in [6, 6.07) is 14.2. The lowest BCUT2D eigenvalue weighted by Gasteiger charge is -2.14. The Balaban J connectivity index is 1.88. The van der Waals surface area contributed by atoms with Crippen molar-refractivity contribution < 1.29 is 19.1 Å². The minimum Gasteiger partial charge on any atom is -0.482 e. The Hall–Kier alpha value is -3.33. The molecule has 0 heterocycles. The van der Waals surface area contributed by atoms with Crippen LogP contribution in [0.1, 0.15) is 23.6 Å². The molecule has 0 spiro atoms. The van der Waals surface area contributed by atoms with Gasteiger partial charge in [-0.1, -0.05) is 18.2 Å². The van der Waals surface area contributed by atoms with Crippen molar-refractivity contribution >= 4 is 17.6 Å². The van der Waals surface area contributed by atoms with E-state index in [1.54, 1.807) is 24.3 Å². The molecule has 0 aliphatic heterocycles. The monoisotopic (exact) mass is 352 g/mol. The van der Waals surface area contributed by atoms with Crippen LogP contribution in [-0.4, -0.2) is 24.6 Å². The van der Waals surface area contributed by atoms with E-state index < -0.39 is 18.0 Å². The Morgan fingerprint density at radius 1 is 1.15 bits per heavy atom. The summed E-state index contributed by atoms with van der Waals surface area (Å²) in [5.41, 5.74) is 2.75. The molecule has 2 aromatic rings. The topological polar surface area (TPSA) is 88.4 Å². The number of para-hydroxylation sites is 1. The SMILES string of the molecule is Cc1cc(C)cc(OCC(=O)O[C@@H](C)C(=O)Nc2ccccc2C#N)c1. The zero-order valence-electron chi connectivity index (χ0n) is 14.9. The molecule has 2 aromatic carbocycles. The fraction of sp³-hybridized carbons (Fsp3) is 0.250. The second kappa shape index (κ2) is 8.67. The molecule has 0 saturated heterocycles. The van der Waals surface area contributed by atoms with Gasteiger partial charge in [-0.15, -0.1) is 0 Å². The van der Waals surface area contributed by atoms with Crippen molar-refractivity contribution in [2.45, 2.75) is 26.9 Å². The highest BCUT2D eigenvalue weighted by Gasteiger charge is 2.19. The largest absolute Gasteiger partial charge is 0.482 e. The van der Waals surface area contributed by atoms with Crippen molar-refractivity contribution in [2.24, 2.45) is 0 Å². The minimum atomic E-state index is -1.02. The Bertz CT molecular complexity index is 835. The standard InChI is InChI=1S/C20H20N2O4/c1-13-8-14(2)10-17(9-13)25-12-19(23)26-15(3)20(24)22-18-7-5-4-6-16(18)11-21/h4-10,15H,12H2,1-3H3,(H,22,24)/t15-/m0/s1. The summed E-state index contributed by atoms with van der Waals surface area (Å²) in [5.74, 6) is -0.604. The normalized spacial score (nSPS) is 11.2. The van der Waals surface area contributed by atoms with Gasteiger partial charge in [-0.3, -0.25) is 4.79 Å². The van der Waals surface area contributed by atoms with Crippen molar-refractivity contribution in [1.29, 1.82) is 5.26 Å². The van der Waals surface area contributed by atoms with E-state index in [0.717, 1.165) is 11.1 Å². The number of nitriles is 1. The molecule has 0 saturated carbocycles. The van der Waals surface area contributed by atoms with E-state index in [9.17, 15) is 9.59 Å². The third-order valence-electron chi connectivity index (χ3n) is 3.53. The van der Waals surface area contributed by atoms with Crippen LogP contribution in [-0.2, 0) is 14.3 Å². The highest BCUT2D eigenvalue weighted by atomic mass is 16.6. The molecule has 1 N–H and O–H groups in total. The minimum absolute atomic E-state index is 0.296. The van der Waals surface area contributed by atoms with Crippen LogP contribution in [0.4, 0.5) is 5.69 Å². The van der Waals surface area contributed by atoms with E-state index in [2.05, 4.69) is 5.32 Å². The lowest BCUT2D eigenvalue weighted by Crippen LogP contribution is -2.31. The van der Waals surface area contributed by atoms with E-state index in [4.69, 9.17) is 14.7 Å². The third-order valence-corrected chi connectivity index (χ3v) is 3.53. The van der Waals surface area contributed by atoms with Crippen LogP contribution in [0.3, 0.4) is 0 Å². The van der Waals surface area contributed by atoms with E-state index in [1.165, 1.54) is 6.92 Å². The summed E-state index contributed by atoms with van der Waals surface area (Å²) in [7, 11) is 0. The number of aryl methyl sites for hydroxylation is 2. The molecule has 0 aliphatic rings. The molecule has 0 radical (unpaired) electrons. The van der Waals surface area contributed by atoms with Crippen molar-refractivity contribution in [3.8, 4) is 11.8 Å². The van der Waals surface area contributed by atoms with Crippen LogP contribution < -0.4 is 10.1 Å². The number of hydrogen-bond acceptors (Lipinski definition) is 5. The van der Waals surface area contributed by atoms with Gasteiger partial charge in [0.15, 0.2) is 12.7 Å². The molecular weight excluding hydrogens is 332 g/mol. The number of carbonyl (C=O) groups excluding carboxylic acids is 2. The second-order valence-electron chi connectivity index (χ2n) is 5.89. The highest BCUT2D eigenvalue weighted by molar-refractivity contribution is 5.96. The lowest BCUT2D eigenvalue weighted by atomic mass is 10.1. The molecule has 134 valence electrons. The predicted molar refractivity (Wildman–Crippen MR) is 96.8 cm³/mol. The summed E-state index contributed by atoms with van der Waals surface area (Å²) in [6.45, 7) is 5.03. The van der Waals surface area contributed by atoms with E-state index in [0.29, 0.717) is 17.0 Å². The van der Waals surface area contributed by atoms with Gasteiger partial charge in [0.25, 0.3) is 5.91 Å². The smallest absolute Gasteiger partial charge is 0.344 e. The molecule has 1 atom stereocenters. The number of amides is 1. The van der Waals surface area contributed by atoms with Gasteiger partial charge in [0.05, 0.1) is 11.3 Å². The molecule has 6 heteroatoms. The molecular formula is C20H20N2O4. The fourth-order valence-corrected chi connectivity index (χ4v) is 2.37. The number of carbonyl (C=O) groups is 2. The van der Waals surface area contributed by atoms with Gasteiger partial charge in [-0.25, -0.2) is 4.79 Å². The Labute approximate surface area is 152 Å². The molecule has 0 unspecified atom stereocenters. The van der Waals surface area contributed by atoms with Crippen LogP contribution in [0.2, 0.25) is 0 Å². The fourth-order valence-electron chi connectivity index (χ4n) is 2.37. The maximum Gasteiger partial charge on any atom is 0.344 e. The molecule has 0 bridgehead atoms.